The summed E-state index contributed by atoms with van der Waals surface area (Å²) in [5.41, 5.74) is 0.107. The molecular formula is C14H12F5N5OS. The zero-order valence-electron chi connectivity index (χ0n) is 13.1. The zero-order chi connectivity index (χ0) is 18.9. The van der Waals surface area contributed by atoms with E-state index in [1.807, 2.05) is 0 Å². The average Bonchev–Trinajstić information content (AvgIpc) is 3.09. The quantitative estimate of drug-likeness (QED) is 0.797. The SMILES string of the molecule is O=C(Nc1ccc(F)c(F)c1)N1CCN(c2nnc(C(F)(F)F)s2)CC1. The Morgan fingerprint density at radius 1 is 1.08 bits per heavy atom. The van der Waals surface area contributed by atoms with E-state index in [1.54, 1.807) is 4.90 Å². The van der Waals surface area contributed by atoms with E-state index in [4.69, 9.17) is 0 Å². The third-order valence-electron chi connectivity index (χ3n) is 3.67. The monoisotopic (exact) mass is 393 g/mol. The lowest BCUT2D eigenvalue weighted by atomic mass is 10.3. The second-order valence-corrected chi connectivity index (χ2v) is 6.38. The summed E-state index contributed by atoms with van der Waals surface area (Å²) >= 11 is 0.444. The van der Waals surface area contributed by atoms with Crippen molar-refractivity contribution in [2.75, 3.05) is 36.4 Å². The van der Waals surface area contributed by atoms with E-state index in [0.29, 0.717) is 11.3 Å². The van der Waals surface area contributed by atoms with Crippen LogP contribution in [0, 0.1) is 11.6 Å². The van der Waals surface area contributed by atoms with Gasteiger partial charge in [-0.25, -0.2) is 13.6 Å². The van der Waals surface area contributed by atoms with E-state index in [1.165, 1.54) is 11.0 Å². The number of nitrogens with zero attached hydrogens (tertiary/aromatic N) is 4. The van der Waals surface area contributed by atoms with Crippen molar-refractivity contribution in [1.29, 1.82) is 0 Å². The molecule has 12 heteroatoms. The van der Waals surface area contributed by atoms with Gasteiger partial charge < -0.3 is 15.1 Å². The van der Waals surface area contributed by atoms with Crippen LogP contribution in [-0.4, -0.2) is 47.3 Å². The van der Waals surface area contributed by atoms with E-state index in [2.05, 4.69) is 15.5 Å². The fourth-order valence-electron chi connectivity index (χ4n) is 2.34. The summed E-state index contributed by atoms with van der Waals surface area (Å²) in [7, 11) is 0. The number of piperazine rings is 1. The Morgan fingerprint density at radius 2 is 1.77 bits per heavy atom. The first-order valence-corrected chi connectivity index (χ1v) is 8.22. The van der Waals surface area contributed by atoms with Gasteiger partial charge in [0.15, 0.2) is 11.6 Å². The van der Waals surface area contributed by atoms with Crippen LogP contribution >= 0.6 is 11.3 Å². The minimum atomic E-state index is -4.54. The van der Waals surface area contributed by atoms with Gasteiger partial charge in [0.2, 0.25) is 10.1 Å². The van der Waals surface area contributed by atoms with Crippen LogP contribution in [0.2, 0.25) is 0 Å². The van der Waals surface area contributed by atoms with Crippen molar-refractivity contribution in [3.63, 3.8) is 0 Å². The largest absolute Gasteiger partial charge is 0.445 e. The van der Waals surface area contributed by atoms with E-state index in [0.717, 1.165) is 12.1 Å². The number of nitrogens with one attached hydrogen (secondary N) is 1. The second-order valence-electron chi connectivity index (χ2n) is 5.42. The lowest BCUT2D eigenvalue weighted by Gasteiger charge is -2.34. The number of alkyl halides is 3. The van der Waals surface area contributed by atoms with Crippen LogP contribution in [0.3, 0.4) is 0 Å². The summed E-state index contributed by atoms with van der Waals surface area (Å²) in [5.74, 6) is -2.10. The molecule has 1 saturated heterocycles. The topological polar surface area (TPSA) is 61.4 Å². The van der Waals surface area contributed by atoms with E-state index < -0.39 is 28.8 Å². The molecule has 0 spiro atoms. The number of hydrogen-bond donors (Lipinski definition) is 1. The van der Waals surface area contributed by atoms with E-state index in [-0.39, 0.29) is 37.0 Å². The molecular weight excluding hydrogens is 381 g/mol. The molecule has 6 nitrogen and oxygen atoms in total. The van der Waals surface area contributed by atoms with Crippen molar-refractivity contribution in [1.82, 2.24) is 15.1 Å². The molecule has 2 amide bonds. The van der Waals surface area contributed by atoms with E-state index in [9.17, 15) is 26.7 Å². The molecule has 0 atom stereocenters. The summed E-state index contributed by atoms with van der Waals surface area (Å²) in [6.07, 6.45) is -4.54. The first-order valence-electron chi connectivity index (χ1n) is 7.40. The molecule has 0 aliphatic carbocycles. The number of halogens is 5. The van der Waals surface area contributed by atoms with Gasteiger partial charge >= 0.3 is 12.2 Å². The smallest absolute Gasteiger partial charge is 0.343 e. The molecule has 1 aromatic heterocycles. The Hall–Kier alpha value is -2.50. The lowest BCUT2D eigenvalue weighted by Crippen LogP contribution is -2.50. The zero-order valence-corrected chi connectivity index (χ0v) is 13.9. The third-order valence-corrected chi connectivity index (χ3v) is 4.69. The average molecular weight is 393 g/mol. The Kier molecular flexibility index (Phi) is 4.94. The van der Waals surface area contributed by atoms with E-state index >= 15 is 0 Å². The van der Waals surface area contributed by atoms with Crippen molar-refractivity contribution in [3.05, 3.63) is 34.8 Å². The maximum atomic E-state index is 13.2. The molecule has 1 aliphatic rings. The van der Waals surface area contributed by atoms with Crippen molar-refractivity contribution in [3.8, 4) is 0 Å². The molecule has 2 heterocycles. The number of urea groups is 1. The molecule has 3 rings (SSSR count). The van der Waals surface area contributed by atoms with Crippen LogP contribution in [-0.2, 0) is 6.18 Å². The number of rotatable bonds is 2. The van der Waals surface area contributed by atoms with Crippen LogP contribution in [0.1, 0.15) is 5.01 Å². The third kappa shape index (κ3) is 4.00. The van der Waals surface area contributed by atoms with Crippen molar-refractivity contribution in [2.45, 2.75) is 6.18 Å². The number of amides is 2. The summed E-state index contributed by atoms with van der Waals surface area (Å²) in [5, 5.41) is 8.23. The van der Waals surface area contributed by atoms with Gasteiger partial charge in [-0.3, -0.25) is 0 Å². The van der Waals surface area contributed by atoms with Gasteiger partial charge in [-0.05, 0) is 12.1 Å². The van der Waals surface area contributed by atoms with Crippen LogP contribution in [0.25, 0.3) is 0 Å². The first-order chi connectivity index (χ1) is 12.2. The predicted octanol–water partition coefficient (Wildman–Crippen LogP) is 3.19. The molecule has 2 aromatic rings. The number of benzene rings is 1. The Balaban J connectivity index is 1.57. The Labute approximate surface area is 148 Å². The summed E-state index contributed by atoms with van der Waals surface area (Å²) in [6.45, 7) is 1.02. The number of anilines is 2. The molecule has 1 fully saturated rings. The minimum absolute atomic E-state index is 0.107. The predicted molar refractivity (Wildman–Crippen MR) is 84.1 cm³/mol. The second kappa shape index (κ2) is 7.02. The molecule has 0 radical (unpaired) electrons. The van der Waals surface area contributed by atoms with Crippen molar-refractivity contribution in [2.24, 2.45) is 0 Å². The lowest BCUT2D eigenvalue weighted by molar-refractivity contribution is -0.138. The van der Waals surface area contributed by atoms with Gasteiger partial charge in [-0.15, -0.1) is 10.2 Å². The fourth-order valence-corrected chi connectivity index (χ4v) is 3.10. The van der Waals surface area contributed by atoms with Gasteiger partial charge in [0.05, 0.1) is 0 Å². The number of aromatic nitrogens is 2. The highest BCUT2D eigenvalue weighted by Crippen LogP contribution is 2.34. The van der Waals surface area contributed by atoms with Crippen LogP contribution in [0.4, 0.5) is 37.6 Å². The van der Waals surface area contributed by atoms with Gasteiger partial charge in [-0.1, -0.05) is 11.3 Å². The molecule has 0 unspecified atom stereocenters. The molecule has 1 aliphatic heterocycles. The normalized spacial score (nSPS) is 15.3. The standard InChI is InChI=1S/C14H12F5N5OS/c15-9-2-1-8(7-10(9)16)20-12(25)23-3-5-24(6-4-23)13-22-21-11(26-13)14(17,18)19/h1-2,7H,3-6H2,(H,20,25). The molecule has 0 bridgehead atoms. The minimum Gasteiger partial charge on any atom is -0.343 e. The van der Waals surface area contributed by atoms with Gasteiger partial charge in [-0.2, -0.15) is 13.2 Å². The molecule has 1 N–H and O–H groups in total. The molecule has 26 heavy (non-hydrogen) atoms. The summed E-state index contributed by atoms with van der Waals surface area (Å²) < 4.78 is 63.8. The maximum absolute atomic E-state index is 13.2. The van der Waals surface area contributed by atoms with Crippen LogP contribution < -0.4 is 10.2 Å². The number of carbonyl (C=O) groups is 1. The number of carbonyl (C=O) groups excluding carboxylic acids is 1. The molecule has 140 valence electrons. The fraction of sp³-hybridized carbons (Fsp3) is 0.357. The van der Waals surface area contributed by atoms with Crippen molar-refractivity contribution >= 4 is 28.2 Å². The Bertz CT molecular complexity index is 803. The van der Waals surface area contributed by atoms with Crippen LogP contribution in [0.5, 0.6) is 0 Å². The van der Waals surface area contributed by atoms with Crippen molar-refractivity contribution < 1.29 is 26.7 Å². The highest BCUT2D eigenvalue weighted by molar-refractivity contribution is 7.15. The highest BCUT2D eigenvalue weighted by atomic mass is 32.1. The summed E-state index contributed by atoms with van der Waals surface area (Å²) in [6, 6.07) is 2.48. The first kappa shape index (κ1) is 18.3. The molecule has 1 aromatic carbocycles. The molecule has 0 saturated carbocycles. The van der Waals surface area contributed by atoms with Crippen LogP contribution in [0.15, 0.2) is 18.2 Å². The van der Waals surface area contributed by atoms with Gasteiger partial charge in [0.1, 0.15) is 0 Å². The highest BCUT2D eigenvalue weighted by Gasteiger charge is 2.36. The van der Waals surface area contributed by atoms with Gasteiger partial charge in [0, 0.05) is 37.9 Å². The Morgan fingerprint density at radius 3 is 2.35 bits per heavy atom. The summed E-state index contributed by atoms with van der Waals surface area (Å²) in [4.78, 5) is 15.2. The van der Waals surface area contributed by atoms with Gasteiger partial charge in [0.25, 0.3) is 0 Å². The number of hydrogen-bond acceptors (Lipinski definition) is 5. The maximum Gasteiger partial charge on any atom is 0.445 e.